The van der Waals surface area contributed by atoms with Gasteiger partial charge in [-0.1, -0.05) is 26.0 Å². The fourth-order valence-electron chi connectivity index (χ4n) is 1.80. The molecule has 112 valence electrons. The molecule has 0 atom stereocenters. The summed E-state index contributed by atoms with van der Waals surface area (Å²) in [5.41, 5.74) is 0.0650. The molecule has 0 spiro atoms. The molecule has 1 heterocycles. The Hall–Kier alpha value is -1.92. The molecule has 1 aromatic heterocycles. The molecule has 0 fully saturated rings. The lowest BCUT2D eigenvalue weighted by atomic mass is 10.0. The van der Waals surface area contributed by atoms with Crippen LogP contribution in [0, 0.1) is 0 Å². The lowest BCUT2D eigenvalue weighted by Gasteiger charge is -2.24. The first-order valence-electron chi connectivity index (χ1n) is 6.65. The third-order valence-electron chi connectivity index (χ3n) is 3.18. The van der Waals surface area contributed by atoms with Crippen molar-refractivity contribution in [1.82, 2.24) is 20.3 Å². The minimum absolute atomic E-state index is 0.0305. The predicted octanol–water partition coefficient (Wildman–Crippen LogP) is 1.40. The third kappa shape index (κ3) is 3.79. The number of nitrogens with zero attached hydrogens (tertiary/aromatic N) is 3. The van der Waals surface area contributed by atoms with E-state index < -0.39 is 5.97 Å². The van der Waals surface area contributed by atoms with E-state index >= 15 is 0 Å². The average Bonchev–Trinajstić information content (AvgIpc) is 2.72. The smallest absolute Gasteiger partial charge is 0.358 e. The molecule has 1 rings (SSSR count). The molecule has 0 aliphatic rings. The topological polar surface area (TPSA) is 97.1 Å². The normalized spacial score (nSPS) is 11.7. The summed E-state index contributed by atoms with van der Waals surface area (Å²) < 4.78 is 1.36. The van der Waals surface area contributed by atoms with Crippen LogP contribution in [0.3, 0.4) is 0 Å². The number of rotatable bonds is 6. The third-order valence-corrected chi connectivity index (χ3v) is 3.18. The van der Waals surface area contributed by atoms with Crippen LogP contribution in [0.4, 0.5) is 0 Å². The molecule has 0 saturated heterocycles. The molecule has 0 aromatic carbocycles. The number of aromatic carboxylic acids is 1. The maximum absolute atomic E-state index is 12.0. The Labute approximate surface area is 118 Å². The van der Waals surface area contributed by atoms with Gasteiger partial charge in [-0.3, -0.25) is 4.79 Å². The van der Waals surface area contributed by atoms with Crippen molar-refractivity contribution in [3.63, 3.8) is 0 Å². The van der Waals surface area contributed by atoms with Gasteiger partial charge in [0.1, 0.15) is 6.54 Å². The van der Waals surface area contributed by atoms with Crippen LogP contribution in [0.25, 0.3) is 0 Å². The van der Waals surface area contributed by atoms with Gasteiger partial charge in [-0.15, -0.1) is 5.10 Å². The van der Waals surface area contributed by atoms with Crippen molar-refractivity contribution in [1.29, 1.82) is 0 Å². The molecule has 7 heteroatoms. The second kappa shape index (κ2) is 6.02. The predicted molar refractivity (Wildman–Crippen MR) is 73.6 cm³/mol. The van der Waals surface area contributed by atoms with Crippen molar-refractivity contribution in [2.24, 2.45) is 0 Å². The lowest BCUT2D eigenvalue weighted by Crippen LogP contribution is -2.44. The van der Waals surface area contributed by atoms with Gasteiger partial charge in [-0.2, -0.15) is 0 Å². The van der Waals surface area contributed by atoms with E-state index in [1.54, 1.807) is 0 Å². The maximum Gasteiger partial charge on any atom is 0.358 e. The minimum Gasteiger partial charge on any atom is -0.476 e. The van der Waals surface area contributed by atoms with Crippen LogP contribution in [0.15, 0.2) is 0 Å². The molecule has 0 aliphatic heterocycles. The van der Waals surface area contributed by atoms with Gasteiger partial charge >= 0.3 is 5.97 Å². The molecule has 2 N–H and O–H groups in total. The molecule has 1 aromatic rings. The largest absolute Gasteiger partial charge is 0.476 e. The first-order chi connectivity index (χ1) is 9.18. The fourth-order valence-corrected chi connectivity index (χ4v) is 1.80. The summed E-state index contributed by atoms with van der Waals surface area (Å²) in [5.74, 6) is -1.42. The number of hydrogen-bond donors (Lipinski definition) is 2. The number of carboxylic acids is 1. The summed E-state index contributed by atoms with van der Waals surface area (Å²) in [5, 5.41) is 19.4. The highest BCUT2D eigenvalue weighted by Gasteiger charge is 2.24. The van der Waals surface area contributed by atoms with Gasteiger partial charge < -0.3 is 10.4 Å². The Morgan fingerprint density at radius 2 is 2.00 bits per heavy atom. The summed E-state index contributed by atoms with van der Waals surface area (Å²) in [6, 6.07) is 0. The Morgan fingerprint density at radius 3 is 2.45 bits per heavy atom. The van der Waals surface area contributed by atoms with Crippen molar-refractivity contribution in [2.45, 2.75) is 59.0 Å². The van der Waals surface area contributed by atoms with E-state index in [-0.39, 0.29) is 29.6 Å². The van der Waals surface area contributed by atoms with Crippen LogP contribution in [0.5, 0.6) is 0 Å². The van der Waals surface area contributed by atoms with Crippen molar-refractivity contribution >= 4 is 11.9 Å². The highest BCUT2D eigenvalue weighted by Crippen LogP contribution is 2.17. The SMILES string of the molecule is CCC(C)(C)NC(=O)Cn1nnc(C(=O)O)c1C(C)C. The molecule has 0 saturated carbocycles. The van der Waals surface area contributed by atoms with Gasteiger partial charge in [0.15, 0.2) is 5.69 Å². The van der Waals surface area contributed by atoms with Gasteiger partial charge in [0.25, 0.3) is 0 Å². The number of carboxylic acid groups (broad SMARTS) is 1. The molecule has 0 radical (unpaired) electrons. The molecule has 7 nitrogen and oxygen atoms in total. The average molecular weight is 282 g/mol. The second-order valence-corrected chi connectivity index (χ2v) is 5.73. The van der Waals surface area contributed by atoms with Crippen LogP contribution < -0.4 is 5.32 Å². The number of amides is 1. The van der Waals surface area contributed by atoms with Gasteiger partial charge in [0, 0.05) is 5.54 Å². The highest BCUT2D eigenvalue weighted by molar-refractivity contribution is 5.87. The molecule has 0 bridgehead atoms. The second-order valence-electron chi connectivity index (χ2n) is 5.73. The van der Waals surface area contributed by atoms with E-state index in [0.717, 1.165) is 6.42 Å². The fraction of sp³-hybridized carbons (Fsp3) is 0.692. The lowest BCUT2D eigenvalue weighted by molar-refractivity contribution is -0.123. The minimum atomic E-state index is -1.13. The quantitative estimate of drug-likeness (QED) is 0.822. The van der Waals surface area contributed by atoms with Crippen LogP contribution in [0.1, 0.15) is 63.1 Å². The van der Waals surface area contributed by atoms with E-state index in [2.05, 4.69) is 15.6 Å². The van der Waals surface area contributed by atoms with E-state index in [9.17, 15) is 9.59 Å². The number of nitrogens with one attached hydrogen (secondary N) is 1. The molecular formula is C13H22N4O3. The Balaban J connectivity index is 2.93. The van der Waals surface area contributed by atoms with Crippen molar-refractivity contribution in [3.8, 4) is 0 Å². The Morgan fingerprint density at radius 1 is 1.40 bits per heavy atom. The van der Waals surface area contributed by atoms with Gasteiger partial charge in [0.2, 0.25) is 5.91 Å². The van der Waals surface area contributed by atoms with E-state index in [4.69, 9.17) is 5.11 Å². The number of carbonyl (C=O) groups is 2. The van der Waals surface area contributed by atoms with Crippen LogP contribution >= 0.6 is 0 Å². The van der Waals surface area contributed by atoms with E-state index in [0.29, 0.717) is 5.69 Å². The van der Waals surface area contributed by atoms with Crippen LogP contribution in [0.2, 0.25) is 0 Å². The van der Waals surface area contributed by atoms with Gasteiger partial charge in [-0.25, -0.2) is 9.48 Å². The van der Waals surface area contributed by atoms with E-state index in [1.165, 1.54) is 4.68 Å². The van der Waals surface area contributed by atoms with Crippen molar-refractivity contribution < 1.29 is 14.7 Å². The molecule has 1 amide bonds. The van der Waals surface area contributed by atoms with Crippen LogP contribution in [-0.4, -0.2) is 37.5 Å². The van der Waals surface area contributed by atoms with Crippen molar-refractivity contribution in [3.05, 3.63) is 11.4 Å². The molecule has 20 heavy (non-hydrogen) atoms. The summed E-state index contributed by atoms with van der Waals surface area (Å²) in [4.78, 5) is 23.1. The zero-order chi connectivity index (χ0) is 15.5. The zero-order valence-corrected chi connectivity index (χ0v) is 12.6. The summed E-state index contributed by atoms with van der Waals surface area (Å²) in [7, 11) is 0. The summed E-state index contributed by atoms with van der Waals surface area (Å²) in [6.45, 7) is 9.50. The van der Waals surface area contributed by atoms with Crippen LogP contribution in [-0.2, 0) is 11.3 Å². The number of hydrogen-bond acceptors (Lipinski definition) is 4. The number of carbonyl (C=O) groups excluding carboxylic acids is 1. The Bertz CT molecular complexity index is 506. The zero-order valence-electron chi connectivity index (χ0n) is 12.6. The maximum atomic E-state index is 12.0. The standard InChI is InChI=1S/C13H22N4O3/c1-6-13(4,5)14-9(18)7-17-11(8(2)3)10(12(19)20)15-16-17/h8H,6-7H2,1-5H3,(H,14,18)(H,19,20). The van der Waals surface area contributed by atoms with Gasteiger partial charge in [-0.05, 0) is 26.2 Å². The van der Waals surface area contributed by atoms with E-state index in [1.807, 2.05) is 34.6 Å². The van der Waals surface area contributed by atoms with Crippen molar-refractivity contribution in [2.75, 3.05) is 0 Å². The monoisotopic (exact) mass is 282 g/mol. The molecule has 0 unspecified atom stereocenters. The molecule has 0 aliphatic carbocycles. The first kappa shape index (κ1) is 16.1. The highest BCUT2D eigenvalue weighted by atomic mass is 16.4. The molecular weight excluding hydrogens is 260 g/mol. The summed E-state index contributed by atoms with van der Waals surface area (Å²) in [6.07, 6.45) is 0.799. The number of aromatic nitrogens is 3. The first-order valence-corrected chi connectivity index (χ1v) is 6.65. The van der Waals surface area contributed by atoms with Gasteiger partial charge in [0.05, 0.1) is 5.69 Å². The summed E-state index contributed by atoms with van der Waals surface area (Å²) >= 11 is 0. The Kier molecular flexibility index (Phi) is 4.86.